The van der Waals surface area contributed by atoms with Gasteiger partial charge in [0.25, 0.3) is 0 Å². The summed E-state index contributed by atoms with van der Waals surface area (Å²) in [7, 11) is 1.34. The van der Waals surface area contributed by atoms with E-state index in [9.17, 15) is 4.79 Å². The molecule has 0 amide bonds. The Morgan fingerprint density at radius 3 is 2.56 bits per heavy atom. The van der Waals surface area contributed by atoms with Crippen LogP contribution in [0.1, 0.15) is 15.2 Å². The second kappa shape index (κ2) is 4.36. The molecule has 0 radical (unpaired) electrons. The molecule has 2 rings (SSSR count). The first-order valence-corrected chi connectivity index (χ1v) is 5.35. The molecule has 0 aromatic carbocycles. The van der Waals surface area contributed by atoms with Gasteiger partial charge in [0.05, 0.1) is 13.3 Å². The summed E-state index contributed by atoms with van der Waals surface area (Å²) in [5, 5.41) is 0.611. The first kappa shape index (κ1) is 10.7. The van der Waals surface area contributed by atoms with Gasteiger partial charge in [-0.1, -0.05) is 0 Å². The highest BCUT2D eigenvalue weighted by Crippen LogP contribution is 2.22. The summed E-state index contributed by atoms with van der Waals surface area (Å²) >= 11 is 1.21. The fourth-order valence-corrected chi connectivity index (χ4v) is 1.86. The number of rotatable bonds is 2. The predicted octanol–water partition coefficient (Wildman–Crippen LogP) is 1.70. The summed E-state index contributed by atoms with van der Waals surface area (Å²) in [5.74, 6) is 0.126. The Morgan fingerprint density at radius 1 is 1.25 bits per heavy atom. The smallest absolute Gasteiger partial charge is 0.349 e. The number of aromatic nitrogens is 3. The van der Waals surface area contributed by atoms with Gasteiger partial charge in [0.1, 0.15) is 4.88 Å². The third-order valence-electron chi connectivity index (χ3n) is 1.86. The van der Waals surface area contributed by atoms with Crippen molar-refractivity contribution in [2.75, 3.05) is 7.11 Å². The minimum atomic E-state index is -0.393. The van der Waals surface area contributed by atoms with Crippen molar-refractivity contribution >= 4 is 17.3 Å². The number of aryl methyl sites for hydroxylation is 1. The summed E-state index contributed by atoms with van der Waals surface area (Å²) in [6, 6.07) is 0. The monoisotopic (exact) mass is 235 g/mol. The number of carbonyl (C=O) groups is 1. The van der Waals surface area contributed by atoms with E-state index >= 15 is 0 Å². The van der Waals surface area contributed by atoms with Crippen LogP contribution in [0.2, 0.25) is 0 Å². The molecule has 5 nitrogen and oxygen atoms in total. The minimum absolute atomic E-state index is 0.393. The van der Waals surface area contributed by atoms with E-state index in [2.05, 4.69) is 19.7 Å². The Balaban J connectivity index is 2.31. The highest BCUT2D eigenvalue weighted by Gasteiger charge is 2.12. The highest BCUT2D eigenvalue weighted by atomic mass is 32.1. The zero-order valence-electron chi connectivity index (χ0n) is 8.80. The van der Waals surface area contributed by atoms with E-state index in [-0.39, 0.29) is 0 Å². The SMILES string of the molecule is COC(=O)c1cnc(-c2ncc(C)cn2)s1. The van der Waals surface area contributed by atoms with Crippen LogP contribution in [-0.2, 0) is 4.74 Å². The largest absolute Gasteiger partial charge is 0.465 e. The van der Waals surface area contributed by atoms with Gasteiger partial charge in [-0.05, 0) is 12.5 Å². The average molecular weight is 235 g/mol. The standard InChI is InChI=1S/C10H9N3O2S/c1-6-3-11-8(12-4-6)9-13-5-7(16-9)10(14)15-2/h3-5H,1-2H3. The molecule has 2 heterocycles. The van der Waals surface area contributed by atoms with Crippen LogP contribution in [-0.4, -0.2) is 28.0 Å². The average Bonchev–Trinajstić information content (AvgIpc) is 2.78. The molecule has 82 valence electrons. The zero-order chi connectivity index (χ0) is 11.5. The molecule has 0 saturated carbocycles. The maximum absolute atomic E-state index is 11.2. The van der Waals surface area contributed by atoms with Crippen LogP contribution in [0.25, 0.3) is 10.8 Å². The molecule has 6 heteroatoms. The van der Waals surface area contributed by atoms with Gasteiger partial charge in [-0.2, -0.15) is 0 Å². The van der Waals surface area contributed by atoms with Gasteiger partial charge >= 0.3 is 5.97 Å². The maximum Gasteiger partial charge on any atom is 0.349 e. The number of nitrogens with zero attached hydrogens (tertiary/aromatic N) is 3. The first-order chi connectivity index (χ1) is 7.70. The lowest BCUT2D eigenvalue weighted by Gasteiger charge is -1.94. The minimum Gasteiger partial charge on any atom is -0.465 e. The summed E-state index contributed by atoms with van der Waals surface area (Å²) in [6.45, 7) is 1.91. The molecule has 0 bridgehead atoms. The van der Waals surface area contributed by atoms with Crippen LogP contribution in [0.3, 0.4) is 0 Å². The molecule has 2 aromatic heterocycles. The number of hydrogen-bond acceptors (Lipinski definition) is 6. The molecule has 2 aromatic rings. The Labute approximate surface area is 96.2 Å². The number of hydrogen-bond donors (Lipinski definition) is 0. The van der Waals surface area contributed by atoms with Crippen molar-refractivity contribution in [3.63, 3.8) is 0 Å². The number of esters is 1. The third kappa shape index (κ3) is 2.06. The lowest BCUT2D eigenvalue weighted by atomic mass is 10.4. The lowest BCUT2D eigenvalue weighted by molar-refractivity contribution is 0.0606. The number of carbonyl (C=O) groups excluding carboxylic acids is 1. The van der Waals surface area contributed by atoms with Gasteiger partial charge in [0, 0.05) is 12.4 Å². The Hall–Kier alpha value is -1.82. The van der Waals surface area contributed by atoms with Crippen LogP contribution < -0.4 is 0 Å². The van der Waals surface area contributed by atoms with Crippen LogP contribution in [0.5, 0.6) is 0 Å². The Kier molecular flexibility index (Phi) is 2.91. The van der Waals surface area contributed by atoms with E-state index < -0.39 is 5.97 Å². The van der Waals surface area contributed by atoms with Crippen molar-refractivity contribution in [1.82, 2.24) is 15.0 Å². The van der Waals surface area contributed by atoms with Crippen molar-refractivity contribution < 1.29 is 9.53 Å². The van der Waals surface area contributed by atoms with Gasteiger partial charge in [-0.25, -0.2) is 19.7 Å². The van der Waals surface area contributed by atoms with E-state index in [1.165, 1.54) is 24.6 Å². The van der Waals surface area contributed by atoms with E-state index in [0.717, 1.165) is 5.56 Å². The predicted molar refractivity (Wildman–Crippen MR) is 59.2 cm³/mol. The molecule has 0 saturated heterocycles. The van der Waals surface area contributed by atoms with E-state index in [0.29, 0.717) is 15.7 Å². The lowest BCUT2D eigenvalue weighted by Crippen LogP contribution is -1.96. The third-order valence-corrected chi connectivity index (χ3v) is 2.84. The van der Waals surface area contributed by atoms with Crippen molar-refractivity contribution in [1.29, 1.82) is 0 Å². The first-order valence-electron chi connectivity index (χ1n) is 4.54. The quantitative estimate of drug-likeness (QED) is 0.741. The molecule has 0 atom stereocenters. The molecule has 0 aliphatic rings. The molecule has 0 unspecified atom stereocenters. The fourth-order valence-electron chi connectivity index (χ4n) is 1.08. The number of methoxy groups -OCH3 is 1. The van der Waals surface area contributed by atoms with E-state index in [1.807, 2.05) is 6.92 Å². The van der Waals surface area contributed by atoms with E-state index in [4.69, 9.17) is 0 Å². The van der Waals surface area contributed by atoms with Crippen molar-refractivity contribution in [3.8, 4) is 10.8 Å². The van der Waals surface area contributed by atoms with E-state index in [1.54, 1.807) is 12.4 Å². The molecule has 16 heavy (non-hydrogen) atoms. The van der Waals surface area contributed by atoms with Crippen LogP contribution in [0.4, 0.5) is 0 Å². The Morgan fingerprint density at radius 2 is 1.94 bits per heavy atom. The zero-order valence-corrected chi connectivity index (χ0v) is 9.61. The molecular formula is C10H9N3O2S. The summed E-state index contributed by atoms with van der Waals surface area (Å²) in [4.78, 5) is 24.0. The number of thiazole rings is 1. The molecule has 0 N–H and O–H groups in total. The Bertz CT molecular complexity index is 507. The summed E-state index contributed by atoms with van der Waals surface area (Å²) in [5.41, 5.74) is 0.980. The van der Waals surface area contributed by atoms with Crippen LogP contribution in [0, 0.1) is 6.92 Å². The van der Waals surface area contributed by atoms with Crippen molar-refractivity contribution in [3.05, 3.63) is 29.0 Å². The summed E-state index contributed by atoms with van der Waals surface area (Å²) in [6.07, 6.45) is 4.89. The second-order valence-electron chi connectivity index (χ2n) is 3.11. The van der Waals surface area contributed by atoms with Gasteiger partial charge < -0.3 is 4.74 Å². The molecule has 0 spiro atoms. The van der Waals surface area contributed by atoms with Crippen LogP contribution in [0.15, 0.2) is 18.6 Å². The number of ether oxygens (including phenoxy) is 1. The fraction of sp³-hybridized carbons (Fsp3) is 0.200. The van der Waals surface area contributed by atoms with Gasteiger partial charge in [0.2, 0.25) is 0 Å². The van der Waals surface area contributed by atoms with Crippen molar-refractivity contribution in [2.45, 2.75) is 6.92 Å². The molecule has 0 fully saturated rings. The van der Waals surface area contributed by atoms with Gasteiger partial charge in [-0.15, -0.1) is 11.3 Å². The topological polar surface area (TPSA) is 65.0 Å². The molecule has 0 aliphatic heterocycles. The molecule has 0 aliphatic carbocycles. The van der Waals surface area contributed by atoms with Crippen molar-refractivity contribution in [2.24, 2.45) is 0 Å². The summed E-state index contributed by atoms with van der Waals surface area (Å²) < 4.78 is 4.60. The van der Waals surface area contributed by atoms with Crippen LogP contribution >= 0.6 is 11.3 Å². The highest BCUT2D eigenvalue weighted by molar-refractivity contribution is 7.16. The molecular weight excluding hydrogens is 226 g/mol. The van der Waals surface area contributed by atoms with Gasteiger partial charge in [-0.3, -0.25) is 0 Å². The maximum atomic E-state index is 11.2. The normalized spacial score (nSPS) is 10.1. The second-order valence-corrected chi connectivity index (χ2v) is 4.14. The van der Waals surface area contributed by atoms with Gasteiger partial charge in [0.15, 0.2) is 10.8 Å².